The third-order valence-corrected chi connectivity index (χ3v) is 2.31. The molecule has 0 radical (unpaired) electrons. The predicted molar refractivity (Wildman–Crippen MR) is 65.7 cm³/mol. The molecule has 0 fully saturated rings. The van der Waals surface area contributed by atoms with Gasteiger partial charge in [0.15, 0.2) is 0 Å². The monoisotopic (exact) mass is 240 g/mol. The molecule has 16 heavy (non-hydrogen) atoms. The molecule has 1 aromatic rings. The van der Waals surface area contributed by atoms with Gasteiger partial charge < -0.3 is 5.32 Å². The molecule has 0 bridgehead atoms. The Morgan fingerprint density at radius 3 is 2.94 bits per heavy atom. The largest absolute Gasteiger partial charge is 0.314 e. The molecule has 0 aliphatic carbocycles. The van der Waals surface area contributed by atoms with Gasteiger partial charge in [0, 0.05) is 12.6 Å². The van der Waals surface area contributed by atoms with Crippen LogP contribution in [0.2, 0.25) is 5.02 Å². The number of nitrogens with zero attached hydrogens (tertiary/aromatic N) is 1. The van der Waals surface area contributed by atoms with Crippen LogP contribution < -0.4 is 5.32 Å². The summed E-state index contributed by atoms with van der Waals surface area (Å²) in [5, 5.41) is 13.9. The number of hydrogen-bond donors (Lipinski definition) is 1. The normalized spacial score (nSPS) is 10.9. The number of nitro benzene ring substituents is 1. The fourth-order valence-corrected chi connectivity index (χ4v) is 1.38. The van der Waals surface area contributed by atoms with E-state index in [9.17, 15) is 10.1 Å². The van der Waals surface area contributed by atoms with Crippen LogP contribution in [0, 0.1) is 10.1 Å². The van der Waals surface area contributed by atoms with Crippen LogP contribution in [-0.2, 0) is 0 Å². The lowest BCUT2D eigenvalue weighted by Gasteiger charge is -1.97. The molecule has 0 aromatic heterocycles. The Labute approximate surface area is 99.1 Å². The van der Waals surface area contributed by atoms with Crippen molar-refractivity contribution in [3.8, 4) is 0 Å². The summed E-state index contributed by atoms with van der Waals surface area (Å²) in [5.74, 6) is 0. The molecule has 0 amide bonds. The molecule has 0 unspecified atom stereocenters. The number of nitrogens with one attached hydrogen (secondary N) is 1. The highest BCUT2D eigenvalue weighted by atomic mass is 35.5. The highest BCUT2D eigenvalue weighted by Gasteiger charge is 2.11. The topological polar surface area (TPSA) is 55.2 Å². The Morgan fingerprint density at radius 1 is 1.56 bits per heavy atom. The molecule has 5 heteroatoms. The average molecular weight is 241 g/mol. The minimum Gasteiger partial charge on any atom is -0.314 e. The van der Waals surface area contributed by atoms with Crippen LogP contribution in [0.3, 0.4) is 0 Å². The molecule has 0 aliphatic rings. The molecular weight excluding hydrogens is 228 g/mol. The lowest BCUT2D eigenvalue weighted by atomic mass is 10.2. The Morgan fingerprint density at radius 2 is 2.31 bits per heavy atom. The summed E-state index contributed by atoms with van der Waals surface area (Å²) in [7, 11) is 0. The van der Waals surface area contributed by atoms with E-state index in [2.05, 4.69) is 5.32 Å². The fraction of sp³-hybridized carbons (Fsp3) is 0.273. The van der Waals surface area contributed by atoms with E-state index in [0.717, 1.165) is 18.7 Å². The first kappa shape index (κ1) is 12.7. The highest BCUT2D eigenvalue weighted by molar-refractivity contribution is 6.32. The van der Waals surface area contributed by atoms with Crippen LogP contribution in [0.25, 0.3) is 6.08 Å². The first-order valence-corrected chi connectivity index (χ1v) is 5.34. The van der Waals surface area contributed by atoms with Crippen LogP contribution in [-0.4, -0.2) is 18.0 Å². The van der Waals surface area contributed by atoms with E-state index in [1.807, 2.05) is 19.1 Å². The summed E-state index contributed by atoms with van der Waals surface area (Å²) in [4.78, 5) is 10.2. The SMILES string of the molecule is CCNCC=Cc1ccc(Cl)c([N+](=O)[O-])c1. The van der Waals surface area contributed by atoms with Gasteiger partial charge in [0.05, 0.1) is 4.92 Å². The first-order chi connectivity index (χ1) is 7.65. The zero-order chi connectivity index (χ0) is 12.0. The van der Waals surface area contributed by atoms with Gasteiger partial charge >= 0.3 is 0 Å². The van der Waals surface area contributed by atoms with Gasteiger partial charge in [0.25, 0.3) is 5.69 Å². The lowest BCUT2D eigenvalue weighted by molar-refractivity contribution is -0.384. The van der Waals surface area contributed by atoms with E-state index >= 15 is 0 Å². The van der Waals surface area contributed by atoms with Gasteiger partial charge in [0.1, 0.15) is 5.02 Å². The van der Waals surface area contributed by atoms with Crippen molar-refractivity contribution in [3.63, 3.8) is 0 Å². The second kappa shape index (κ2) is 6.25. The van der Waals surface area contributed by atoms with Crippen LogP contribution in [0.1, 0.15) is 12.5 Å². The molecule has 86 valence electrons. The Hall–Kier alpha value is -1.39. The maximum absolute atomic E-state index is 10.6. The minimum atomic E-state index is -0.482. The van der Waals surface area contributed by atoms with Crippen molar-refractivity contribution in [3.05, 3.63) is 45.0 Å². The summed E-state index contributed by atoms with van der Waals surface area (Å²) in [5.41, 5.74) is 0.710. The van der Waals surface area contributed by atoms with Crippen LogP contribution in [0.15, 0.2) is 24.3 Å². The van der Waals surface area contributed by atoms with Crippen molar-refractivity contribution in [2.45, 2.75) is 6.92 Å². The smallest absolute Gasteiger partial charge is 0.288 e. The zero-order valence-electron chi connectivity index (χ0n) is 8.94. The molecule has 0 spiro atoms. The van der Waals surface area contributed by atoms with Crippen molar-refractivity contribution in [2.24, 2.45) is 0 Å². The van der Waals surface area contributed by atoms with Gasteiger partial charge in [-0.1, -0.05) is 36.7 Å². The van der Waals surface area contributed by atoms with E-state index in [0.29, 0.717) is 0 Å². The van der Waals surface area contributed by atoms with Gasteiger partial charge in [-0.05, 0) is 18.2 Å². The van der Waals surface area contributed by atoms with E-state index in [1.54, 1.807) is 6.07 Å². The number of likely N-dealkylation sites (N-methyl/N-ethyl adjacent to an activating group) is 1. The van der Waals surface area contributed by atoms with Crippen molar-refractivity contribution >= 4 is 23.4 Å². The quantitative estimate of drug-likeness (QED) is 0.489. The van der Waals surface area contributed by atoms with Crippen molar-refractivity contribution in [2.75, 3.05) is 13.1 Å². The first-order valence-electron chi connectivity index (χ1n) is 4.96. The Balaban J connectivity index is 2.78. The van der Waals surface area contributed by atoms with E-state index in [4.69, 9.17) is 11.6 Å². The standard InChI is InChI=1S/C11H13ClN2O2/c1-2-13-7-3-4-9-5-6-10(12)11(8-9)14(15)16/h3-6,8,13H,2,7H2,1H3. The third-order valence-electron chi connectivity index (χ3n) is 1.99. The molecule has 0 heterocycles. The van der Waals surface area contributed by atoms with Gasteiger partial charge in [-0.3, -0.25) is 10.1 Å². The van der Waals surface area contributed by atoms with Crippen molar-refractivity contribution < 1.29 is 4.92 Å². The second-order valence-corrected chi connectivity index (χ2v) is 3.59. The maximum Gasteiger partial charge on any atom is 0.288 e. The molecule has 0 atom stereocenters. The Bertz CT molecular complexity index is 405. The summed E-state index contributed by atoms with van der Waals surface area (Å²) >= 11 is 5.70. The summed E-state index contributed by atoms with van der Waals surface area (Å²) in [6, 6.07) is 4.75. The molecule has 1 rings (SSSR count). The van der Waals surface area contributed by atoms with Crippen LogP contribution >= 0.6 is 11.6 Å². The molecule has 4 nitrogen and oxygen atoms in total. The number of benzene rings is 1. The second-order valence-electron chi connectivity index (χ2n) is 3.18. The number of rotatable bonds is 5. The Kier molecular flexibility index (Phi) is 4.95. The minimum absolute atomic E-state index is 0.0627. The highest BCUT2D eigenvalue weighted by Crippen LogP contribution is 2.25. The van der Waals surface area contributed by atoms with E-state index in [-0.39, 0.29) is 10.7 Å². The molecule has 1 N–H and O–H groups in total. The summed E-state index contributed by atoms with van der Waals surface area (Å²) < 4.78 is 0. The maximum atomic E-state index is 10.6. The molecular formula is C11H13ClN2O2. The number of hydrogen-bond acceptors (Lipinski definition) is 3. The van der Waals surface area contributed by atoms with Crippen LogP contribution in [0.4, 0.5) is 5.69 Å². The van der Waals surface area contributed by atoms with Crippen LogP contribution in [0.5, 0.6) is 0 Å². The average Bonchev–Trinajstić information content (AvgIpc) is 2.26. The number of halogens is 1. The molecule has 0 saturated heterocycles. The molecule has 0 aliphatic heterocycles. The van der Waals surface area contributed by atoms with Gasteiger partial charge in [0.2, 0.25) is 0 Å². The zero-order valence-corrected chi connectivity index (χ0v) is 9.70. The van der Waals surface area contributed by atoms with E-state index < -0.39 is 4.92 Å². The molecule has 0 saturated carbocycles. The van der Waals surface area contributed by atoms with Gasteiger partial charge in [-0.25, -0.2) is 0 Å². The van der Waals surface area contributed by atoms with Crippen molar-refractivity contribution in [1.29, 1.82) is 0 Å². The molecule has 1 aromatic carbocycles. The number of nitro groups is 1. The van der Waals surface area contributed by atoms with Gasteiger partial charge in [-0.2, -0.15) is 0 Å². The van der Waals surface area contributed by atoms with Crippen molar-refractivity contribution in [1.82, 2.24) is 5.32 Å². The third kappa shape index (κ3) is 3.64. The summed E-state index contributed by atoms with van der Waals surface area (Å²) in [6.45, 7) is 3.65. The van der Waals surface area contributed by atoms with E-state index in [1.165, 1.54) is 12.1 Å². The predicted octanol–water partition coefficient (Wildman–Crippen LogP) is 2.87. The van der Waals surface area contributed by atoms with Gasteiger partial charge in [-0.15, -0.1) is 0 Å². The lowest BCUT2D eigenvalue weighted by Crippen LogP contribution is -2.11. The summed E-state index contributed by atoms with van der Waals surface area (Å²) in [6.07, 6.45) is 3.74. The fourth-order valence-electron chi connectivity index (χ4n) is 1.20.